The Balaban J connectivity index is 1.86. The fraction of sp³-hybridized carbons (Fsp3) is 0.609. The standard InChI is InChI=1S/C23H31ClF3NO3/c1-16(2)14-28(15-18-7-4-9-20(22(18)24)23(25,26)27)10-5-11-31-19-8-3-6-17(12-19)13-21(29)30/h3-4,7-9,12,16-18,22H,5-6,10-11,13-15H2,1-2H3,(H,29,30). The number of aliphatic carboxylic acids is 1. The number of nitrogens with zero attached hydrogens (tertiary/aromatic N) is 1. The van der Waals surface area contributed by atoms with E-state index >= 15 is 0 Å². The minimum atomic E-state index is -4.42. The highest BCUT2D eigenvalue weighted by Crippen LogP contribution is 2.37. The molecule has 3 atom stereocenters. The highest BCUT2D eigenvalue weighted by molar-refractivity contribution is 6.23. The number of alkyl halides is 4. The van der Waals surface area contributed by atoms with Crippen molar-refractivity contribution in [2.24, 2.45) is 17.8 Å². The smallest absolute Gasteiger partial charge is 0.414 e. The molecule has 31 heavy (non-hydrogen) atoms. The van der Waals surface area contributed by atoms with Crippen molar-refractivity contribution in [1.82, 2.24) is 4.90 Å². The average Bonchev–Trinajstić information content (AvgIpc) is 2.65. The molecule has 0 aromatic rings. The van der Waals surface area contributed by atoms with E-state index in [-0.39, 0.29) is 12.3 Å². The first kappa shape index (κ1) is 25.5. The van der Waals surface area contributed by atoms with Crippen molar-refractivity contribution in [2.75, 3.05) is 26.2 Å². The van der Waals surface area contributed by atoms with E-state index in [1.54, 1.807) is 6.08 Å². The van der Waals surface area contributed by atoms with Crippen LogP contribution in [0.5, 0.6) is 0 Å². The number of halogens is 4. The fourth-order valence-corrected chi connectivity index (χ4v) is 4.21. The van der Waals surface area contributed by atoms with Gasteiger partial charge in [-0.25, -0.2) is 0 Å². The SMILES string of the molecule is CC(C)CN(CCCOC1=CC(CC(=O)O)CC=C1)CC1C=CC=C(C(F)(F)F)C1Cl. The Labute approximate surface area is 187 Å². The predicted octanol–water partition coefficient (Wildman–Crippen LogP) is 5.57. The quantitative estimate of drug-likeness (QED) is 0.323. The molecule has 174 valence electrons. The minimum Gasteiger partial charge on any atom is -0.494 e. The largest absolute Gasteiger partial charge is 0.494 e. The van der Waals surface area contributed by atoms with Crippen LogP contribution in [0.1, 0.15) is 33.1 Å². The molecule has 0 aromatic heterocycles. The molecule has 2 aliphatic carbocycles. The summed E-state index contributed by atoms with van der Waals surface area (Å²) in [6, 6.07) is 0. The second-order valence-electron chi connectivity index (χ2n) is 8.49. The Bertz CT molecular complexity index is 728. The van der Waals surface area contributed by atoms with Crippen molar-refractivity contribution < 1.29 is 27.8 Å². The number of rotatable bonds is 11. The molecule has 2 aliphatic rings. The van der Waals surface area contributed by atoms with Gasteiger partial charge in [-0.1, -0.05) is 38.2 Å². The molecule has 0 aliphatic heterocycles. The lowest BCUT2D eigenvalue weighted by Crippen LogP contribution is -2.39. The van der Waals surface area contributed by atoms with Crippen LogP contribution in [0.15, 0.2) is 47.8 Å². The summed E-state index contributed by atoms with van der Waals surface area (Å²) in [7, 11) is 0. The van der Waals surface area contributed by atoms with Crippen molar-refractivity contribution in [3.8, 4) is 0 Å². The van der Waals surface area contributed by atoms with E-state index in [1.807, 2.05) is 18.2 Å². The Morgan fingerprint density at radius 3 is 2.77 bits per heavy atom. The van der Waals surface area contributed by atoms with E-state index in [0.717, 1.165) is 12.6 Å². The van der Waals surface area contributed by atoms with Crippen LogP contribution < -0.4 is 0 Å². The first-order valence-electron chi connectivity index (χ1n) is 10.6. The van der Waals surface area contributed by atoms with Crippen LogP contribution in [0.4, 0.5) is 13.2 Å². The molecule has 0 bridgehead atoms. The third-order valence-electron chi connectivity index (χ3n) is 5.17. The zero-order chi connectivity index (χ0) is 23.0. The van der Waals surface area contributed by atoms with E-state index in [0.29, 0.717) is 44.2 Å². The van der Waals surface area contributed by atoms with Gasteiger partial charge in [0.15, 0.2) is 0 Å². The predicted molar refractivity (Wildman–Crippen MR) is 116 cm³/mol. The average molecular weight is 462 g/mol. The highest BCUT2D eigenvalue weighted by atomic mass is 35.5. The van der Waals surface area contributed by atoms with E-state index in [9.17, 15) is 18.0 Å². The van der Waals surface area contributed by atoms with Crippen LogP contribution in [-0.2, 0) is 9.53 Å². The van der Waals surface area contributed by atoms with E-state index in [1.165, 1.54) is 6.08 Å². The third kappa shape index (κ3) is 8.73. The fourth-order valence-electron chi connectivity index (χ4n) is 3.85. The molecular weight excluding hydrogens is 431 g/mol. The Hall–Kier alpha value is -1.73. The van der Waals surface area contributed by atoms with Gasteiger partial charge in [-0.05, 0) is 36.8 Å². The Morgan fingerprint density at radius 2 is 2.13 bits per heavy atom. The summed E-state index contributed by atoms with van der Waals surface area (Å²) in [5, 5.41) is 7.84. The summed E-state index contributed by atoms with van der Waals surface area (Å²) < 4.78 is 45.3. The molecule has 0 amide bonds. The van der Waals surface area contributed by atoms with Crippen molar-refractivity contribution in [3.05, 3.63) is 47.8 Å². The molecule has 2 rings (SSSR count). The van der Waals surface area contributed by atoms with E-state index in [4.69, 9.17) is 21.4 Å². The number of hydrogen-bond donors (Lipinski definition) is 1. The van der Waals surface area contributed by atoms with Crippen LogP contribution in [0.2, 0.25) is 0 Å². The number of carboxylic acids is 1. The Morgan fingerprint density at radius 1 is 1.39 bits per heavy atom. The van der Waals surface area contributed by atoms with Gasteiger partial charge in [0.1, 0.15) is 5.76 Å². The first-order valence-corrected chi connectivity index (χ1v) is 11.0. The van der Waals surface area contributed by atoms with E-state index < -0.39 is 29.0 Å². The van der Waals surface area contributed by atoms with Crippen LogP contribution in [-0.4, -0.2) is 53.8 Å². The topological polar surface area (TPSA) is 49.8 Å². The van der Waals surface area contributed by atoms with Gasteiger partial charge >= 0.3 is 12.1 Å². The molecule has 1 N–H and O–H groups in total. The summed E-state index contributed by atoms with van der Waals surface area (Å²) in [4.78, 5) is 13.0. The first-order chi connectivity index (χ1) is 14.6. The second kappa shape index (κ2) is 11.8. The monoisotopic (exact) mass is 461 g/mol. The van der Waals surface area contributed by atoms with Gasteiger partial charge in [0.25, 0.3) is 0 Å². The zero-order valence-electron chi connectivity index (χ0n) is 17.9. The zero-order valence-corrected chi connectivity index (χ0v) is 18.7. The lowest BCUT2D eigenvalue weighted by atomic mass is 9.92. The summed E-state index contributed by atoms with van der Waals surface area (Å²) in [5.74, 6) is -0.282. The van der Waals surface area contributed by atoms with E-state index in [2.05, 4.69) is 18.7 Å². The van der Waals surface area contributed by atoms with Gasteiger partial charge in [0.05, 0.1) is 24.0 Å². The molecule has 0 saturated carbocycles. The molecule has 8 heteroatoms. The highest BCUT2D eigenvalue weighted by Gasteiger charge is 2.41. The lowest BCUT2D eigenvalue weighted by Gasteiger charge is -2.32. The molecule has 3 unspecified atom stereocenters. The van der Waals surface area contributed by atoms with Crippen LogP contribution in [0.25, 0.3) is 0 Å². The summed E-state index contributed by atoms with van der Waals surface area (Å²) in [6.07, 6.45) is 6.88. The number of hydrogen-bond acceptors (Lipinski definition) is 3. The summed E-state index contributed by atoms with van der Waals surface area (Å²) >= 11 is 6.18. The third-order valence-corrected chi connectivity index (χ3v) is 5.73. The number of allylic oxidation sites excluding steroid dienone is 6. The van der Waals surface area contributed by atoms with Gasteiger partial charge < -0.3 is 14.7 Å². The van der Waals surface area contributed by atoms with Gasteiger partial charge in [-0.3, -0.25) is 4.79 Å². The Kier molecular flexibility index (Phi) is 9.69. The molecular formula is C23H31ClF3NO3. The molecule has 4 nitrogen and oxygen atoms in total. The maximum absolute atomic E-state index is 13.2. The van der Waals surface area contributed by atoms with Crippen molar-refractivity contribution in [1.29, 1.82) is 0 Å². The van der Waals surface area contributed by atoms with Gasteiger partial charge in [-0.15, -0.1) is 11.6 Å². The molecule has 0 radical (unpaired) electrons. The second-order valence-corrected chi connectivity index (χ2v) is 8.96. The molecule has 0 fully saturated rings. The lowest BCUT2D eigenvalue weighted by molar-refractivity contribution is -0.137. The summed E-state index contributed by atoms with van der Waals surface area (Å²) in [5.41, 5.74) is -0.693. The molecule has 0 heterocycles. The molecule has 0 spiro atoms. The molecule has 0 aromatic carbocycles. The van der Waals surface area contributed by atoms with Gasteiger partial charge in [0.2, 0.25) is 0 Å². The summed E-state index contributed by atoms with van der Waals surface area (Å²) in [6.45, 7) is 6.46. The normalized spacial score (nSPS) is 23.8. The van der Waals surface area contributed by atoms with Crippen molar-refractivity contribution in [3.63, 3.8) is 0 Å². The molecule has 0 saturated heterocycles. The van der Waals surface area contributed by atoms with Gasteiger partial charge in [0, 0.05) is 25.6 Å². The minimum absolute atomic E-state index is 0.0652. The van der Waals surface area contributed by atoms with Crippen LogP contribution in [0.3, 0.4) is 0 Å². The van der Waals surface area contributed by atoms with Gasteiger partial charge in [-0.2, -0.15) is 13.2 Å². The van der Waals surface area contributed by atoms with Crippen molar-refractivity contribution >= 4 is 17.6 Å². The maximum Gasteiger partial charge on any atom is 0.414 e. The maximum atomic E-state index is 13.2. The van der Waals surface area contributed by atoms with Crippen LogP contribution in [0, 0.1) is 17.8 Å². The van der Waals surface area contributed by atoms with Crippen LogP contribution >= 0.6 is 11.6 Å². The number of ether oxygens (including phenoxy) is 1. The number of carbonyl (C=O) groups is 1. The number of carboxylic acid groups (broad SMARTS) is 1. The van der Waals surface area contributed by atoms with Crippen molar-refractivity contribution in [2.45, 2.75) is 44.7 Å².